The molecule has 0 N–H and O–H groups in total. The smallest absolute Gasteiger partial charge is 0.328 e. The molecule has 1 amide bonds. The number of hydrogen-bond acceptors (Lipinski definition) is 3. The molecule has 0 bridgehead atoms. The van der Waals surface area contributed by atoms with Crippen LogP contribution in [-0.2, 0) is 17.9 Å². The van der Waals surface area contributed by atoms with Crippen LogP contribution < -0.4 is 5.69 Å². The molecule has 6 heteroatoms. The fourth-order valence-electron chi connectivity index (χ4n) is 1.61. The topological polar surface area (TPSA) is 71.0 Å². The van der Waals surface area contributed by atoms with Gasteiger partial charge >= 0.3 is 5.69 Å². The SMILES string of the molecule is CCn1ccn(CCC(=O)N(C)CCC#N)c1=O. The van der Waals surface area contributed by atoms with Crippen molar-refractivity contribution in [2.75, 3.05) is 13.6 Å². The highest BCUT2D eigenvalue weighted by molar-refractivity contribution is 5.75. The summed E-state index contributed by atoms with van der Waals surface area (Å²) >= 11 is 0. The van der Waals surface area contributed by atoms with Gasteiger partial charge < -0.3 is 4.90 Å². The summed E-state index contributed by atoms with van der Waals surface area (Å²) in [6.07, 6.45) is 4.00. The molecule has 0 saturated carbocycles. The molecule has 0 radical (unpaired) electrons. The Morgan fingerprint density at radius 3 is 2.67 bits per heavy atom. The zero-order chi connectivity index (χ0) is 13.5. The summed E-state index contributed by atoms with van der Waals surface area (Å²) in [5.41, 5.74) is -0.0926. The largest absolute Gasteiger partial charge is 0.345 e. The minimum Gasteiger partial charge on any atom is -0.345 e. The Morgan fingerprint density at radius 1 is 1.44 bits per heavy atom. The molecule has 1 rings (SSSR count). The predicted octanol–water partition coefficient (Wildman–Crippen LogP) is 0.432. The maximum Gasteiger partial charge on any atom is 0.328 e. The first-order valence-corrected chi connectivity index (χ1v) is 5.96. The Morgan fingerprint density at radius 2 is 2.11 bits per heavy atom. The van der Waals surface area contributed by atoms with Crippen molar-refractivity contribution in [1.82, 2.24) is 14.0 Å². The molecule has 0 saturated heterocycles. The van der Waals surface area contributed by atoms with Crippen molar-refractivity contribution in [2.45, 2.75) is 32.9 Å². The van der Waals surface area contributed by atoms with E-state index in [0.29, 0.717) is 26.1 Å². The van der Waals surface area contributed by atoms with E-state index in [4.69, 9.17) is 5.26 Å². The van der Waals surface area contributed by atoms with E-state index < -0.39 is 0 Å². The van der Waals surface area contributed by atoms with Crippen molar-refractivity contribution in [1.29, 1.82) is 5.26 Å². The maximum atomic E-state index is 11.7. The van der Waals surface area contributed by atoms with Crippen molar-refractivity contribution >= 4 is 5.91 Å². The highest BCUT2D eigenvalue weighted by Crippen LogP contribution is 1.96. The molecule has 0 aromatic carbocycles. The van der Waals surface area contributed by atoms with Gasteiger partial charge in [0.1, 0.15) is 0 Å². The average Bonchev–Trinajstić information content (AvgIpc) is 2.73. The van der Waals surface area contributed by atoms with Gasteiger partial charge in [-0.15, -0.1) is 0 Å². The lowest BCUT2D eigenvalue weighted by Gasteiger charge is -2.15. The fraction of sp³-hybridized carbons (Fsp3) is 0.583. The summed E-state index contributed by atoms with van der Waals surface area (Å²) in [5, 5.41) is 8.43. The Balaban J connectivity index is 2.50. The molecular formula is C12H18N4O2. The van der Waals surface area contributed by atoms with E-state index in [1.54, 1.807) is 24.0 Å². The van der Waals surface area contributed by atoms with Gasteiger partial charge in [0.15, 0.2) is 0 Å². The normalized spacial score (nSPS) is 10.1. The van der Waals surface area contributed by atoms with Gasteiger partial charge in [0, 0.05) is 45.5 Å². The molecule has 1 heterocycles. The van der Waals surface area contributed by atoms with Crippen LogP contribution in [0.5, 0.6) is 0 Å². The summed E-state index contributed by atoms with van der Waals surface area (Å²) < 4.78 is 3.11. The molecule has 18 heavy (non-hydrogen) atoms. The maximum absolute atomic E-state index is 11.7. The second-order valence-corrected chi connectivity index (χ2v) is 4.03. The zero-order valence-corrected chi connectivity index (χ0v) is 10.8. The highest BCUT2D eigenvalue weighted by Gasteiger charge is 2.09. The zero-order valence-electron chi connectivity index (χ0n) is 10.8. The van der Waals surface area contributed by atoms with Gasteiger partial charge in [-0.05, 0) is 6.92 Å². The Kier molecular flexibility index (Phi) is 5.18. The highest BCUT2D eigenvalue weighted by atomic mass is 16.2. The predicted molar refractivity (Wildman–Crippen MR) is 66.9 cm³/mol. The first-order chi connectivity index (χ1) is 8.60. The Bertz CT molecular complexity index is 495. The van der Waals surface area contributed by atoms with E-state index >= 15 is 0 Å². The third-order valence-electron chi connectivity index (χ3n) is 2.81. The quantitative estimate of drug-likeness (QED) is 0.735. The molecule has 0 fully saturated rings. The molecule has 0 aliphatic heterocycles. The summed E-state index contributed by atoms with van der Waals surface area (Å²) in [4.78, 5) is 24.9. The molecule has 1 aromatic rings. The van der Waals surface area contributed by atoms with Crippen molar-refractivity contribution in [3.05, 3.63) is 22.9 Å². The van der Waals surface area contributed by atoms with Crippen LogP contribution in [-0.4, -0.2) is 33.5 Å². The summed E-state index contributed by atoms with van der Waals surface area (Å²) in [5.74, 6) is -0.0543. The average molecular weight is 250 g/mol. The third-order valence-corrected chi connectivity index (χ3v) is 2.81. The van der Waals surface area contributed by atoms with E-state index in [9.17, 15) is 9.59 Å². The molecule has 6 nitrogen and oxygen atoms in total. The van der Waals surface area contributed by atoms with E-state index in [2.05, 4.69) is 0 Å². The monoisotopic (exact) mass is 250 g/mol. The number of rotatable bonds is 6. The summed E-state index contributed by atoms with van der Waals surface area (Å²) in [7, 11) is 1.67. The number of hydrogen-bond donors (Lipinski definition) is 0. The van der Waals surface area contributed by atoms with E-state index in [-0.39, 0.29) is 18.0 Å². The lowest BCUT2D eigenvalue weighted by atomic mass is 10.3. The van der Waals surface area contributed by atoms with Crippen molar-refractivity contribution in [3.63, 3.8) is 0 Å². The van der Waals surface area contributed by atoms with Crippen LogP contribution in [0.2, 0.25) is 0 Å². The number of carbonyl (C=O) groups is 1. The van der Waals surface area contributed by atoms with Crippen LogP contribution in [0.4, 0.5) is 0 Å². The van der Waals surface area contributed by atoms with E-state index in [1.165, 1.54) is 9.47 Å². The number of aryl methyl sites for hydroxylation is 2. The number of nitriles is 1. The Labute approximate surface area is 106 Å². The summed E-state index contributed by atoms with van der Waals surface area (Å²) in [6.45, 7) is 3.33. The molecule has 0 spiro atoms. The van der Waals surface area contributed by atoms with Crippen LogP contribution >= 0.6 is 0 Å². The molecule has 0 unspecified atom stereocenters. The van der Waals surface area contributed by atoms with E-state index in [0.717, 1.165) is 0 Å². The van der Waals surface area contributed by atoms with Crippen LogP contribution in [0.25, 0.3) is 0 Å². The number of nitrogens with zero attached hydrogens (tertiary/aromatic N) is 4. The number of imidazole rings is 1. The van der Waals surface area contributed by atoms with Crippen LogP contribution in [0.1, 0.15) is 19.8 Å². The second kappa shape index (κ2) is 6.64. The number of carbonyl (C=O) groups excluding carboxylic acids is 1. The van der Waals surface area contributed by atoms with Gasteiger partial charge in [-0.25, -0.2) is 4.79 Å². The van der Waals surface area contributed by atoms with Gasteiger partial charge in [-0.3, -0.25) is 13.9 Å². The number of amides is 1. The number of aromatic nitrogens is 2. The molecular weight excluding hydrogens is 232 g/mol. The Hall–Kier alpha value is -2.03. The van der Waals surface area contributed by atoms with Crippen molar-refractivity contribution < 1.29 is 4.79 Å². The molecule has 98 valence electrons. The van der Waals surface area contributed by atoms with Gasteiger partial charge in [0.25, 0.3) is 0 Å². The molecule has 1 aromatic heterocycles. The molecule has 0 aliphatic rings. The van der Waals surface area contributed by atoms with Crippen LogP contribution in [0.15, 0.2) is 17.2 Å². The van der Waals surface area contributed by atoms with Gasteiger partial charge in [0.2, 0.25) is 5.91 Å². The minimum absolute atomic E-state index is 0.0543. The molecule has 0 aliphatic carbocycles. The first kappa shape index (κ1) is 14.0. The van der Waals surface area contributed by atoms with E-state index in [1.807, 2.05) is 13.0 Å². The standard InChI is InChI=1S/C12H18N4O2/c1-3-15-9-10-16(12(15)18)8-5-11(17)14(2)7-4-6-13/h9-10H,3-5,7-8H2,1-2H3. The molecule has 0 atom stereocenters. The lowest BCUT2D eigenvalue weighted by molar-refractivity contribution is -0.130. The van der Waals surface area contributed by atoms with Crippen molar-refractivity contribution in [2.24, 2.45) is 0 Å². The minimum atomic E-state index is -0.0926. The summed E-state index contributed by atoms with van der Waals surface area (Å²) in [6, 6.07) is 1.99. The van der Waals surface area contributed by atoms with Crippen LogP contribution in [0, 0.1) is 11.3 Å². The first-order valence-electron chi connectivity index (χ1n) is 5.96. The van der Waals surface area contributed by atoms with Crippen LogP contribution in [0.3, 0.4) is 0 Å². The lowest BCUT2D eigenvalue weighted by Crippen LogP contribution is -2.30. The second-order valence-electron chi connectivity index (χ2n) is 4.03. The third kappa shape index (κ3) is 3.48. The fourth-order valence-corrected chi connectivity index (χ4v) is 1.61. The van der Waals surface area contributed by atoms with Gasteiger partial charge in [-0.2, -0.15) is 5.26 Å². The van der Waals surface area contributed by atoms with Gasteiger partial charge in [-0.1, -0.05) is 0 Å². The van der Waals surface area contributed by atoms with Crippen molar-refractivity contribution in [3.8, 4) is 6.07 Å². The van der Waals surface area contributed by atoms with Gasteiger partial charge in [0.05, 0.1) is 12.5 Å².